The lowest BCUT2D eigenvalue weighted by Gasteiger charge is -2.26. The lowest BCUT2D eigenvalue weighted by Crippen LogP contribution is -2.47. The van der Waals surface area contributed by atoms with Crippen LogP contribution >= 0.6 is 11.6 Å². The van der Waals surface area contributed by atoms with E-state index in [9.17, 15) is 8.42 Å². The Bertz CT molecular complexity index is 513. The lowest BCUT2D eigenvalue weighted by atomic mass is 10.0. The minimum atomic E-state index is -3.58. The third-order valence-corrected chi connectivity index (χ3v) is 5.49. The van der Waals surface area contributed by atoms with Crippen molar-refractivity contribution in [1.29, 1.82) is 0 Å². The zero-order valence-electron chi connectivity index (χ0n) is 10.6. The van der Waals surface area contributed by atoms with E-state index in [0.29, 0.717) is 11.7 Å². The van der Waals surface area contributed by atoms with Crippen molar-refractivity contribution in [3.05, 3.63) is 12.0 Å². The van der Waals surface area contributed by atoms with Crippen LogP contribution in [0.25, 0.3) is 0 Å². The molecule has 1 heterocycles. The Morgan fingerprint density at radius 3 is 2.56 bits per heavy atom. The van der Waals surface area contributed by atoms with Crippen molar-refractivity contribution in [2.24, 2.45) is 7.05 Å². The largest absolute Gasteiger partial charge is 0.337 e. The van der Waals surface area contributed by atoms with Crippen molar-refractivity contribution in [3.8, 4) is 0 Å². The van der Waals surface area contributed by atoms with Gasteiger partial charge in [-0.2, -0.15) is 0 Å². The van der Waals surface area contributed by atoms with Crippen LogP contribution < -0.4 is 4.72 Å². The number of aromatic nitrogens is 2. The van der Waals surface area contributed by atoms with Gasteiger partial charge < -0.3 is 4.57 Å². The van der Waals surface area contributed by atoms with E-state index < -0.39 is 15.6 Å². The van der Waals surface area contributed by atoms with Gasteiger partial charge in [0.25, 0.3) is 10.0 Å². The Kier molecular flexibility index (Phi) is 3.71. The van der Waals surface area contributed by atoms with Gasteiger partial charge >= 0.3 is 0 Å². The molecule has 1 aromatic rings. The quantitative estimate of drug-likeness (QED) is 0.856. The zero-order valence-corrected chi connectivity index (χ0v) is 12.2. The molecule has 1 aromatic heterocycles. The molecule has 1 aliphatic carbocycles. The first-order valence-corrected chi connectivity index (χ1v) is 8.00. The summed E-state index contributed by atoms with van der Waals surface area (Å²) in [6.45, 7) is 1.77. The molecule has 0 amide bonds. The number of imidazole rings is 1. The Hall–Kier alpha value is -0.590. The Morgan fingerprint density at radius 1 is 1.50 bits per heavy atom. The van der Waals surface area contributed by atoms with Crippen LogP contribution in [0.1, 0.15) is 31.5 Å². The van der Waals surface area contributed by atoms with E-state index >= 15 is 0 Å². The summed E-state index contributed by atoms with van der Waals surface area (Å²) in [5.74, 6) is 0.972. The second kappa shape index (κ2) is 4.83. The normalized spacial score (nSPS) is 19.3. The zero-order chi connectivity index (χ0) is 13.4. The number of nitrogens with zero attached hydrogens (tertiary/aromatic N) is 2. The highest BCUT2D eigenvalue weighted by Crippen LogP contribution is 2.32. The third kappa shape index (κ3) is 2.55. The van der Waals surface area contributed by atoms with Gasteiger partial charge in [0.2, 0.25) is 0 Å². The Balaban J connectivity index is 2.26. The van der Waals surface area contributed by atoms with Crippen molar-refractivity contribution < 1.29 is 8.42 Å². The van der Waals surface area contributed by atoms with E-state index in [1.807, 2.05) is 0 Å². The number of hydrogen-bond acceptors (Lipinski definition) is 3. The summed E-state index contributed by atoms with van der Waals surface area (Å²) < 4.78 is 29.0. The summed E-state index contributed by atoms with van der Waals surface area (Å²) in [5.41, 5.74) is -0.494. The molecule has 7 heteroatoms. The van der Waals surface area contributed by atoms with Gasteiger partial charge in [0.05, 0.1) is 0 Å². The van der Waals surface area contributed by atoms with Gasteiger partial charge in [-0.25, -0.2) is 18.1 Å². The highest BCUT2D eigenvalue weighted by molar-refractivity contribution is 7.89. The van der Waals surface area contributed by atoms with Gasteiger partial charge in [-0.3, -0.25) is 0 Å². The van der Waals surface area contributed by atoms with Crippen LogP contribution in [0.3, 0.4) is 0 Å². The molecule has 1 N–H and O–H groups in total. The monoisotopic (exact) mass is 291 g/mol. The van der Waals surface area contributed by atoms with Crippen molar-refractivity contribution in [2.75, 3.05) is 5.88 Å². The fourth-order valence-corrected chi connectivity index (χ4v) is 4.22. The van der Waals surface area contributed by atoms with Crippen LogP contribution in [0.2, 0.25) is 0 Å². The molecule has 102 valence electrons. The molecule has 2 rings (SSSR count). The topological polar surface area (TPSA) is 64.0 Å². The van der Waals surface area contributed by atoms with E-state index in [0.717, 1.165) is 25.7 Å². The first kappa shape index (κ1) is 13.8. The molecule has 0 spiro atoms. The molecule has 0 saturated heterocycles. The predicted octanol–water partition coefficient (Wildman–Crippen LogP) is 1.56. The highest BCUT2D eigenvalue weighted by atomic mass is 35.5. The predicted molar refractivity (Wildman–Crippen MR) is 70.2 cm³/mol. The van der Waals surface area contributed by atoms with Crippen molar-refractivity contribution in [2.45, 2.75) is 43.2 Å². The van der Waals surface area contributed by atoms with E-state index in [-0.39, 0.29) is 5.03 Å². The first-order chi connectivity index (χ1) is 8.38. The van der Waals surface area contributed by atoms with Gasteiger partial charge in [-0.05, 0) is 19.8 Å². The van der Waals surface area contributed by atoms with E-state index in [1.165, 1.54) is 6.20 Å². The number of sulfonamides is 1. The highest BCUT2D eigenvalue weighted by Gasteiger charge is 2.38. The average Bonchev–Trinajstić information content (AvgIpc) is 2.88. The fourth-order valence-electron chi connectivity index (χ4n) is 2.31. The first-order valence-electron chi connectivity index (χ1n) is 5.98. The summed E-state index contributed by atoms with van der Waals surface area (Å²) in [4.78, 5) is 4.06. The van der Waals surface area contributed by atoms with Crippen LogP contribution in [0, 0.1) is 6.92 Å². The number of alkyl halides is 1. The Morgan fingerprint density at radius 2 is 2.11 bits per heavy atom. The molecule has 1 fully saturated rings. The van der Waals surface area contributed by atoms with Crippen molar-refractivity contribution >= 4 is 21.6 Å². The molecule has 0 aromatic carbocycles. The SMILES string of the molecule is Cc1nc(S(=O)(=O)NC2(CCl)CCCC2)cn1C. The minimum absolute atomic E-state index is 0.0684. The average molecular weight is 292 g/mol. The van der Waals surface area contributed by atoms with Gasteiger partial charge in [0, 0.05) is 24.7 Å². The second-order valence-electron chi connectivity index (χ2n) is 4.96. The standard InChI is InChI=1S/C11H18ClN3O2S/c1-9-13-10(7-15(9)2)18(16,17)14-11(8-12)5-3-4-6-11/h7,14H,3-6,8H2,1-2H3. The molecule has 0 unspecified atom stereocenters. The number of rotatable bonds is 4. The maximum Gasteiger partial charge on any atom is 0.260 e. The maximum absolute atomic E-state index is 12.3. The number of hydrogen-bond donors (Lipinski definition) is 1. The summed E-state index contributed by atoms with van der Waals surface area (Å²) >= 11 is 5.94. The summed E-state index contributed by atoms with van der Waals surface area (Å²) in [6, 6.07) is 0. The smallest absolute Gasteiger partial charge is 0.260 e. The van der Waals surface area contributed by atoms with Gasteiger partial charge in [-0.15, -0.1) is 11.6 Å². The summed E-state index contributed by atoms with van der Waals surface area (Å²) in [5, 5.41) is 0.0684. The molecule has 5 nitrogen and oxygen atoms in total. The second-order valence-corrected chi connectivity index (χ2v) is 6.86. The summed E-state index contributed by atoms with van der Waals surface area (Å²) in [7, 11) is -1.81. The molecule has 18 heavy (non-hydrogen) atoms. The number of aryl methyl sites for hydroxylation is 2. The van der Waals surface area contributed by atoms with E-state index in [1.54, 1.807) is 18.5 Å². The third-order valence-electron chi connectivity index (χ3n) is 3.53. The number of nitrogens with one attached hydrogen (secondary N) is 1. The number of halogens is 1. The maximum atomic E-state index is 12.3. The van der Waals surface area contributed by atoms with Crippen molar-refractivity contribution in [1.82, 2.24) is 14.3 Å². The van der Waals surface area contributed by atoms with Crippen LogP contribution in [0.15, 0.2) is 11.2 Å². The Labute approximate surface area is 113 Å². The van der Waals surface area contributed by atoms with Crippen LogP contribution in [0.4, 0.5) is 0 Å². The van der Waals surface area contributed by atoms with Gasteiger partial charge in [0.1, 0.15) is 5.82 Å². The fraction of sp³-hybridized carbons (Fsp3) is 0.727. The molecule has 0 bridgehead atoms. The molecule has 1 aliphatic rings. The molecular weight excluding hydrogens is 274 g/mol. The van der Waals surface area contributed by atoms with Crippen LogP contribution in [-0.4, -0.2) is 29.4 Å². The van der Waals surface area contributed by atoms with Gasteiger partial charge in [-0.1, -0.05) is 12.8 Å². The van der Waals surface area contributed by atoms with E-state index in [2.05, 4.69) is 9.71 Å². The van der Waals surface area contributed by atoms with Crippen LogP contribution in [0.5, 0.6) is 0 Å². The minimum Gasteiger partial charge on any atom is -0.337 e. The lowest BCUT2D eigenvalue weighted by molar-refractivity contribution is 0.432. The summed E-state index contributed by atoms with van der Waals surface area (Å²) in [6.07, 6.45) is 5.13. The van der Waals surface area contributed by atoms with Crippen molar-refractivity contribution in [3.63, 3.8) is 0 Å². The molecule has 0 aliphatic heterocycles. The molecule has 1 saturated carbocycles. The molecule has 0 radical (unpaired) electrons. The van der Waals surface area contributed by atoms with Gasteiger partial charge in [0.15, 0.2) is 5.03 Å². The molecule has 0 atom stereocenters. The van der Waals surface area contributed by atoms with E-state index in [4.69, 9.17) is 11.6 Å². The molecular formula is C11H18ClN3O2S. The van der Waals surface area contributed by atoms with Crippen LogP contribution in [-0.2, 0) is 17.1 Å².